The van der Waals surface area contributed by atoms with E-state index in [1.165, 1.54) is 97.2 Å². The van der Waals surface area contributed by atoms with Crippen molar-refractivity contribution in [3.05, 3.63) is 167 Å². The van der Waals surface area contributed by atoms with Crippen LogP contribution in [0.25, 0.3) is 11.1 Å². The first-order valence-electron chi connectivity index (χ1n) is 17.9. The Morgan fingerprint density at radius 2 is 1.02 bits per heavy atom. The van der Waals surface area contributed by atoms with Gasteiger partial charge in [0.15, 0.2) is 5.78 Å². The molecule has 0 N–H and O–H groups in total. The third kappa shape index (κ3) is 9.71. The van der Waals surface area contributed by atoms with E-state index < -0.39 is 47.2 Å². The number of ether oxygens (including phenoxy) is 1. The van der Waals surface area contributed by atoms with Gasteiger partial charge in [-0.05, 0) is 119 Å². The molecule has 5 aromatic rings. The highest BCUT2D eigenvalue weighted by molar-refractivity contribution is 7.54. The Morgan fingerprint density at radius 1 is 0.582 bits per heavy atom. The summed E-state index contributed by atoms with van der Waals surface area (Å²) in [5.74, 6) is -1.42. The van der Waals surface area contributed by atoms with Crippen LogP contribution in [0.1, 0.15) is 84.5 Å². The number of carbonyl (C=O) groups is 2. The zero-order valence-electron chi connectivity index (χ0n) is 32.1. The maximum atomic E-state index is 16.3. The second kappa shape index (κ2) is 16.1. The summed E-state index contributed by atoms with van der Waals surface area (Å²) < 4.78 is 76.6. The largest absolute Gasteiger partial charge is 0.465 e. The molecule has 0 fully saturated rings. The van der Waals surface area contributed by atoms with Gasteiger partial charge in [-0.2, -0.15) is 8.78 Å². The van der Waals surface area contributed by atoms with Crippen molar-refractivity contribution in [3.8, 4) is 11.1 Å². The van der Waals surface area contributed by atoms with Crippen molar-refractivity contribution < 1.29 is 41.1 Å². The molecule has 0 heterocycles. The molecule has 0 radical (unpaired) electrons. The topological polar surface area (TPSA) is 78.9 Å². The summed E-state index contributed by atoms with van der Waals surface area (Å²) in [5, 5.41) is 0. The van der Waals surface area contributed by atoms with Crippen LogP contribution in [0.3, 0.4) is 0 Å². The first-order chi connectivity index (χ1) is 25.7. The van der Waals surface area contributed by atoms with Gasteiger partial charge >= 0.3 is 19.2 Å². The molecule has 0 aliphatic rings. The van der Waals surface area contributed by atoms with Crippen LogP contribution in [0.5, 0.6) is 0 Å². The predicted molar refractivity (Wildman–Crippen MR) is 209 cm³/mol. The number of alkyl halides is 2. The van der Waals surface area contributed by atoms with Crippen LogP contribution in [-0.2, 0) is 42.3 Å². The highest BCUT2D eigenvalue weighted by Crippen LogP contribution is 2.69. The Balaban J connectivity index is 1.64. The zero-order valence-corrected chi connectivity index (χ0v) is 33.0. The van der Waals surface area contributed by atoms with Crippen molar-refractivity contribution in [1.82, 2.24) is 0 Å². The van der Waals surface area contributed by atoms with Crippen LogP contribution in [-0.4, -0.2) is 30.1 Å². The van der Waals surface area contributed by atoms with Gasteiger partial charge in [0, 0.05) is 11.1 Å². The number of carbonyl (C=O) groups excluding carboxylic acids is 2. The third-order valence-corrected chi connectivity index (χ3v) is 11.4. The van der Waals surface area contributed by atoms with Gasteiger partial charge < -0.3 is 4.74 Å². The van der Waals surface area contributed by atoms with E-state index in [0.717, 1.165) is 16.7 Å². The van der Waals surface area contributed by atoms with Gasteiger partial charge in [0.05, 0.1) is 29.3 Å². The fourth-order valence-electron chi connectivity index (χ4n) is 6.46. The lowest BCUT2D eigenvalue weighted by Gasteiger charge is -2.36. The average molecular weight is 771 g/mol. The Morgan fingerprint density at radius 3 is 1.49 bits per heavy atom. The molecule has 55 heavy (non-hydrogen) atoms. The van der Waals surface area contributed by atoms with Gasteiger partial charge in [-0.1, -0.05) is 91.0 Å². The first kappa shape index (κ1) is 41.3. The van der Waals surface area contributed by atoms with Crippen LogP contribution in [0.4, 0.5) is 13.2 Å². The summed E-state index contributed by atoms with van der Waals surface area (Å²) in [4.78, 5) is 27.4. The molecule has 0 bridgehead atoms. The lowest BCUT2D eigenvalue weighted by molar-refractivity contribution is -0.0213. The minimum atomic E-state index is -5.09. The number of benzene rings is 5. The Bertz CT molecular complexity index is 2120. The number of halogens is 3. The highest BCUT2D eigenvalue weighted by Gasteiger charge is 2.58. The molecule has 0 saturated heterocycles. The molecule has 1 atom stereocenters. The second-order valence-electron chi connectivity index (χ2n) is 15.5. The number of hydrogen-bond donors (Lipinski definition) is 0. The van der Waals surface area contributed by atoms with E-state index in [1.807, 2.05) is 54.6 Å². The molecule has 0 saturated carbocycles. The summed E-state index contributed by atoms with van der Waals surface area (Å²) >= 11 is 0. The minimum absolute atomic E-state index is 0.0156. The van der Waals surface area contributed by atoms with Crippen LogP contribution >= 0.6 is 7.60 Å². The summed E-state index contributed by atoms with van der Waals surface area (Å²) in [6.45, 7) is 9.14. The number of methoxy groups -OCH3 is 1. The molecule has 0 aliphatic carbocycles. The number of Topliss-reactive ketones (excluding diaryl/α,β-unsaturated/α-hetero) is 1. The summed E-state index contributed by atoms with van der Waals surface area (Å²) in [6.07, 6.45) is 0.170. The Labute approximate surface area is 321 Å². The molecule has 10 heteroatoms. The van der Waals surface area contributed by atoms with Crippen LogP contribution < -0.4 is 0 Å². The number of ketones is 1. The van der Waals surface area contributed by atoms with Gasteiger partial charge in [0.2, 0.25) is 0 Å². The number of esters is 1. The van der Waals surface area contributed by atoms with E-state index >= 15 is 8.78 Å². The van der Waals surface area contributed by atoms with E-state index in [0.29, 0.717) is 11.1 Å². The quantitative estimate of drug-likeness (QED) is 0.0674. The molecular formula is C45H46F3O6P. The molecule has 288 valence electrons. The molecule has 5 rings (SSSR count). The Kier molecular flexibility index (Phi) is 12.1. The smallest absolute Gasteiger partial charge is 0.405 e. The Hall–Kier alpha value is -4.82. The van der Waals surface area contributed by atoms with Crippen molar-refractivity contribution in [2.75, 3.05) is 7.11 Å². The highest BCUT2D eigenvalue weighted by atomic mass is 31.2. The summed E-state index contributed by atoms with van der Waals surface area (Å²) in [5.41, 5.74) is -4.08. The molecule has 0 aromatic heterocycles. The molecule has 1 unspecified atom stereocenters. The standard InChI is InChI=1S/C45H46F3O6P/c1-42(2,3)53-55(51,54-43(4,5)6)45(47,48)38-23-15-32(16-24-38)30-44(40(49)35-21-27-39(46)28-22-35,37-25-19-36(20-26-37)41(50)52-7)29-31-13-17-34(18-14-31)33-11-9-8-10-12-33/h8-28H,29-30H2,1-7H3. The SMILES string of the molecule is COC(=O)c1ccc(C(Cc2ccc(-c3ccccc3)cc2)(Cc2ccc(C(F)(F)P(=O)(OC(C)(C)C)OC(C)(C)C)cc2)C(=O)c2ccc(F)cc2)cc1. The van der Waals surface area contributed by atoms with Gasteiger partial charge in [0.25, 0.3) is 0 Å². The van der Waals surface area contributed by atoms with Crippen molar-refractivity contribution in [3.63, 3.8) is 0 Å². The molecule has 6 nitrogen and oxygen atoms in total. The molecule has 0 amide bonds. The van der Waals surface area contributed by atoms with Gasteiger partial charge in [-0.15, -0.1) is 0 Å². The van der Waals surface area contributed by atoms with Gasteiger partial charge in [-0.25, -0.2) is 9.18 Å². The zero-order chi connectivity index (χ0) is 40.2. The van der Waals surface area contributed by atoms with Crippen LogP contribution in [0.15, 0.2) is 127 Å². The average Bonchev–Trinajstić information content (AvgIpc) is 3.13. The fraction of sp³-hybridized carbons (Fsp3) is 0.289. The van der Waals surface area contributed by atoms with Crippen LogP contribution in [0.2, 0.25) is 0 Å². The summed E-state index contributed by atoms with van der Waals surface area (Å²) in [6, 6.07) is 34.6. The fourth-order valence-corrected chi connectivity index (χ4v) is 8.63. The minimum Gasteiger partial charge on any atom is -0.465 e. The number of rotatable bonds is 13. The monoisotopic (exact) mass is 770 g/mol. The van der Waals surface area contributed by atoms with Gasteiger partial charge in [-0.3, -0.25) is 18.4 Å². The molecule has 0 aliphatic heterocycles. The van der Waals surface area contributed by atoms with Crippen LogP contribution in [0, 0.1) is 5.82 Å². The van der Waals surface area contributed by atoms with E-state index in [4.69, 9.17) is 13.8 Å². The van der Waals surface area contributed by atoms with E-state index in [-0.39, 0.29) is 29.8 Å². The maximum Gasteiger partial charge on any atom is 0.405 e. The van der Waals surface area contributed by atoms with Crippen molar-refractivity contribution in [1.29, 1.82) is 0 Å². The van der Waals surface area contributed by atoms with E-state index in [2.05, 4.69) is 0 Å². The van der Waals surface area contributed by atoms with Gasteiger partial charge in [0.1, 0.15) is 5.82 Å². The first-order valence-corrected chi connectivity index (χ1v) is 19.4. The number of hydrogen-bond acceptors (Lipinski definition) is 6. The van der Waals surface area contributed by atoms with E-state index in [9.17, 15) is 18.5 Å². The van der Waals surface area contributed by atoms with Crippen molar-refractivity contribution in [2.45, 2.75) is 76.7 Å². The lowest BCUT2D eigenvalue weighted by Crippen LogP contribution is -2.41. The summed E-state index contributed by atoms with van der Waals surface area (Å²) in [7, 11) is -3.82. The normalized spacial score (nSPS) is 13.6. The molecule has 5 aromatic carbocycles. The predicted octanol–water partition coefficient (Wildman–Crippen LogP) is 11.8. The van der Waals surface area contributed by atoms with Crippen molar-refractivity contribution >= 4 is 19.3 Å². The second-order valence-corrected chi connectivity index (χ2v) is 17.5. The molecule has 0 spiro atoms. The lowest BCUT2D eigenvalue weighted by atomic mass is 9.66. The third-order valence-electron chi connectivity index (χ3n) is 8.91. The van der Waals surface area contributed by atoms with E-state index in [1.54, 1.807) is 24.3 Å². The maximum absolute atomic E-state index is 16.3. The van der Waals surface area contributed by atoms with Crippen molar-refractivity contribution in [2.24, 2.45) is 0 Å². The molecular weight excluding hydrogens is 724 g/mol.